The Morgan fingerprint density at radius 1 is 1.10 bits per heavy atom. The van der Waals surface area contributed by atoms with Crippen molar-refractivity contribution in [3.63, 3.8) is 0 Å². The summed E-state index contributed by atoms with van der Waals surface area (Å²) in [5.74, 6) is 0.0318. The molecule has 3 N–H and O–H groups in total. The summed E-state index contributed by atoms with van der Waals surface area (Å²) in [4.78, 5) is 0. The monoisotopic (exact) mass is 325 g/mol. The Hall–Kier alpha value is -1.26. The standard InChI is InChI=1S/C16H17Cl2NO2/c17-13-8-12(16(21)14(18)9-13)10-19-15(6-7-20)11-4-2-1-3-5-11/h1-5,8-9,15,19-21H,6-7,10H2/t15-/m1/s1. The van der Waals surface area contributed by atoms with Crippen molar-refractivity contribution in [3.8, 4) is 5.75 Å². The summed E-state index contributed by atoms with van der Waals surface area (Å²) in [6, 6.07) is 13.0. The first-order valence-electron chi connectivity index (χ1n) is 6.68. The molecule has 0 spiro atoms. The maximum Gasteiger partial charge on any atom is 0.138 e. The third-order valence-corrected chi connectivity index (χ3v) is 3.77. The van der Waals surface area contributed by atoms with Crippen LogP contribution in [0.25, 0.3) is 0 Å². The highest BCUT2D eigenvalue weighted by Gasteiger charge is 2.13. The molecule has 21 heavy (non-hydrogen) atoms. The number of benzene rings is 2. The van der Waals surface area contributed by atoms with E-state index in [1.807, 2.05) is 30.3 Å². The van der Waals surface area contributed by atoms with Crippen LogP contribution in [0.5, 0.6) is 5.75 Å². The quantitative estimate of drug-likeness (QED) is 0.754. The van der Waals surface area contributed by atoms with Gasteiger partial charge in [-0.2, -0.15) is 0 Å². The Bertz CT molecular complexity index is 590. The highest BCUT2D eigenvalue weighted by molar-refractivity contribution is 6.35. The van der Waals surface area contributed by atoms with Gasteiger partial charge in [-0.15, -0.1) is 0 Å². The Labute approximate surface area is 134 Å². The minimum atomic E-state index is -0.00615. The summed E-state index contributed by atoms with van der Waals surface area (Å²) < 4.78 is 0. The van der Waals surface area contributed by atoms with E-state index in [9.17, 15) is 10.2 Å². The van der Waals surface area contributed by atoms with Crippen LogP contribution in [0.2, 0.25) is 10.0 Å². The zero-order valence-electron chi connectivity index (χ0n) is 11.4. The SMILES string of the molecule is OCC[C@@H](NCc1cc(Cl)cc(Cl)c1O)c1ccccc1. The molecule has 0 aliphatic rings. The number of phenolic OH excluding ortho intramolecular Hbond substituents is 1. The van der Waals surface area contributed by atoms with Gasteiger partial charge < -0.3 is 15.5 Å². The second-order valence-corrected chi connectivity index (χ2v) is 5.60. The van der Waals surface area contributed by atoms with Gasteiger partial charge in [0.2, 0.25) is 0 Å². The van der Waals surface area contributed by atoms with Crippen molar-refractivity contribution >= 4 is 23.2 Å². The Morgan fingerprint density at radius 3 is 2.48 bits per heavy atom. The maximum absolute atomic E-state index is 9.96. The average Bonchev–Trinajstić information content (AvgIpc) is 2.49. The van der Waals surface area contributed by atoms with Crippen LogP contribution < -0.4 is 5.32 Å². The molecule has 0 radical (unpaired) electrons. The number of halogens is 2. The van der Waals surface area contributed by atoms with Gasteiger partial charge in [0.05, 0.1) is 5.02 Å². The maximum atomic E-state index is 9.96. The van der Waals surface area contributed by atoms with Gasteiger partial charge in [0.25, 0.3) is 0 Å². The summed E-state index contributed by atoms with van der Waals surface area (Å²) in [5.41, 5.74) is 1.71. The average molecular weight is 326 g/mol. The van der Waals surface area contributed by atoms with Gasteiger partial charge in [-0.1, -0.05) is 53.5 Å². The van der Waals surface area contributed by atoms with Gasteiger partial charge >= 0.3 is 0 Å². The van der Waals surface area contributed by atoms with Gasteiger partial charge in [0.1, 0.15) is 5.75 Å². The van der Waals surface area contributed by atoms with E-state index in [4.69, 9.17) is 23.2 Å². The van der Waals surface area contributed by atoms with E-state index in [0.717, 1.165) is 5.56 Å². The third-order valence-electron chi connectivity index (χ3n) is 3.27. The fourth-order valence-corrected chi connectivity index (χ4v) is 2.72. The van der Waals surface area contributed by atoms with Crippen LogP contribution >= 0.6 is 23.2 Å². The summed E-state index contributed by atoms with van der Waals surface area (Å²) >= 11 is 11.9. The first-order chi connectivity index (χ1) is 10.1. The van der Waals surface area contributed by atoms with Crippen LogP contribution in [0.1, 0.15) is 23.6 Å². The molecule has 0 saturated heterocycles. The minimum Gasteiger partial charge on any atom is -0.506 e. The molecule has 1 atom stereocenters. The number of rotatable bonds is 6. The molecule has 5 heteroatoms. The summed E-state index contributed by atoms with van der Waals surface area (Å²) in [6.07, 6.45) is 0.582. The van der Waals surface area contributed by atoms with Crippen molar-refractivity contribution in [3.05, 3.63) is 63.6 Å². The lowest BCUT2D eigenvalue weighted by Crippen LogP contribution is -2.22. The third kappa shape index (κ3) is 4.35. The molecule has 112 valence electrons. The van der Waals surface area contributed by atoms with Gasteiger partial charge in [0, 0.05) is 29.8 Å². The Kier molecular flexibility index (Phi) is 5.88. The fourth-order valence-electron chi connectivity index (χ4n) is 2.19. The molecular formula is C16H17Cl2NO2. The molecule has 0 aliphatic carbocycles. The second kappa shape index (κ2) is 7.66. The number of hydrogen-bond donors (Lipinski definition) is 3. The van der Waals surface area contributed by atoms with E-state index in [-0.39, 0.29) is 23.4 Å². The lowest BCUT2D eigenvalue weighted by molar-refractivity contribution is 0.265. The van der Waals surface area contributed by atoms with Crippen LogP contribution in [0.15, 0.2) is 42.5 Å². The lowest BCUT2D eigenvalue weighted by atomic mass is 10.0. The van der Waals surface area contributed by atoms with Crippen LogP contribution in [-0.2, 0) is 6.54 Å². The molecule has 0 aromatic heterocycles. The number of hydrogen-bond acceptors (Lipinski definition) is 3. The van der Waals surface area contributed by atoms with Gasteiger partial charge in [-0.3, -0.25) is 0 Å². The van der Waals surface area contributed by atoms with E-state index in [1.54, 1.807) is 6.07 Å². The molecule has 0 bridgehead atoms. The number of aliphatic hydroxyl groups excluding tert-OH is 1. The lowest BCUT2D eigenvalue weighted by Gasteiger charge is -2.19. The van der Waals surface area contributed by atoms with Crippen molar-refractivity contribution in [1.82, 2.24) is 5.32 Å². The van der Waals surface area contributed by atoms with Crippen molar-refractivity contribution in [2.24, 2.45) is 0 Å². The number of aliphatic hydroxyl groups is 1. The highest BCUT2D eigenvalue weighted by atomic mass is 35.5. The van der Waals surface area contributed by atoms with Crippen LogP contribution in [0.3, 0.4) is 0 Å². The zero-order valence-corrected chi connectivity index (χ0v) is 12.9. The van der Waals surface area contributed by atoms with Crippen LogP contribution in [0, 0.1) is 0 Å². The van der Waals surface area contributed by atoms with E-state index >= 15 is 0 Å². The predicted molar refractivity (Wildman–Crippen MR) is 85.9 cm³/mol. The zero-order chi connectivity index (χ0) is 15.2. The Morgan fingerprint density at radius 2 is 1.81 bits per heavy atom. The number of phenols is 1. The van der Waals surface area contributed by atoms with E-state index in [0.29, 0.717) is 23.6 Å². The highest BCUT2D eigenvalue weighted by Crippen LogP contribution is 2.31. The molecule has 0 aliphatic heterocycles. The molecule has 2 aromatic rings. The number of aromatic hydroxyl groups is 1. The Balaban J connectivity index is 2.12. The van der Waals surface area contributed by atoms with Crippen molar-refractivity contribution in [1.29, 1.82) is 0 Å². The topological polar surface area (TPSA) is 52.5 Å². The molecular weight excluding hydrogens is 309 g/mol. The van der Waals surface area contributed by atoms with Gasteiger partial charge in [-0.25, -0.2) is 0 Å². The summed E-state index contributed by atoms with van der Waals surface area (Å²) in [7, 11) is 0. The minimum absolute atomic E-state index is 0.00615. The van der Waals surface area contributed by atoms with E-state index in [2.05, 4.69) is 5.32 Å². The molecule has 3 nitrogen and oxygen atoms in total. The smallest absolute Gasteiger partial charge is 0.138 e. The van der Waals surface area contributed by atoms with Gasteiger partial charge in [-0.05, 0) is 24.1 Å². The normalized spacial score (nSPS) is 12.3. The molecule has 0 heterocycles. The largest absolute Gasteiger partial charge is 0.506 e. The predicted octanol–water partition coefficient (Wildman–Crippen LogP) is 3.91. The summed E-state index contributed by atoms with van der Waals surface area (Å²) in [6.45, 7) is 0.487. The van der Waals surface area contributed by atoms with E-state index < -0.39 is 0 Å². The fraction of sp³-hybridized carbons (Fsp3) is 0.250. The molecule has 2 rings (SSSR count). The van der Waals surface area contributed by atoms with Crippen molar-refractivity contribution < 1.29 is 10.2 Å². The first kappa shape index (κ1) is 16.1. The van der Waals surface area contributed by atoms with Gasteiger partial charge in [0.15, 0.2) is 0 Å². The van der Waals surface area contributed by atoms with Crippen LogP contribution in [-0.4, -0.2) is 16.8 Å². The first-order valence-corrected chi connectivity index (χ1v) is 7.43. The molecule has 0 fully saturated rings. The molecule has 0 unspecified atom stereocenters. The molecule has 0 saturated carbocycles. The van der Waals surface area contributed by atoms with Crippen LogP contribution in [0.4, 0.5) is 0 Å². The molecule has 0 amide bonds. The summed E-state index contributed by atoms with van der Waals surface area (Å²) in [5, 5.41) is 23.2. The molecule has 2 aromatic carbocycles. The van der Waals surface area contributed by atoms with Crippen molar-refractivity contribution in [2.75, 3.05) is 6.61 Å². The van der Waals surface area contributed by atoms with E-state index in [1.165, 1.54) is 6.07 Å². The second-order valence-electron chi connectivity index (χ2n) is 4.75. The number of nitrogens with one attached hydrogen (secondary N) is 1. The van der Waals surface area contributed by atoms with Crippen molar-refractivity contribution in [2.45, 2.75) is 19.0 Å².